The molecule has 0 aliphatic carbocycles. The maximum Gasteiger partial charge on any atom is 0.277 e. The number of nitrogens with zero attached hydrogens (tertiary/aromatic N) is 2. The van der Waals surface area contributed by atoms with E-state index in [1.165, 1.54) is 18.0 Å². The summed E-state index contributed by atoms with van der Waals surface area (Å²) in [4.78, 5) is 31.1. The molecule has 0 saturated carbocycles. The molecule has 1 N–H and O–H groups in total. The molecule has 0 unspecified atom stereocenters. The van der Waals surface area contributed by atoms with Crippen LogP contribution in [0.3, 0.4) is 0 Å². The predicted octanol–water partition coefficient (Wildman–Crippen LogP) is 2.58. The van der Waals surface area contributed by atoms with E-state index in [1.54, 1.807) is 17.8 Å². The Kier molecular flexibility index (Phi) is 4.62. The maximum atomic E-state index is 12.9. The highest BCUT2D eigenvalue weighted by Gasteiger charge is 2.25. The third-order valence-corrected chi connectivity index (χ3v) is 5.22. The van der Waals surface area contributed by atoms with Gasteiger partial charge in [-0.15, -0.1) is 11.8 Å². The van der Waals surface area contributed by atoms with E-state index in [0.717, 1.165) is 33.9 Å². The fourth-order valence-electron chi connectivity index (χ4n) is 2.95. The number of carbonyl (C=O) groups is 1. The average Bonchev–Trinajstić information content (AvgIpc) is 2.95. The van der Waals surface area contributed by atoms with Gasteiger partial charge in [0, 0.05) is 40.9 Å². The maximum absolute atomic E-state index is 12.9. The van der Waals surface area contributed by atoms with Gasteiger partial charge in [-0.25, -0.2) is 0 Å². The molecule has 0 amide bonds. The highest BCUT2D eigenvalue weighted by atomic mass is 32.2. The van der Waals surface area contributed by atoms with Crippen molar-refractivity contribution in [3.8, 4) is 0 Å². The number of fused-ring (bicyclic) bond motifs is 1. The van der Waals surface area contributed by atoms with Crippen LogP contribution < -0.4 is 5.56 Å². The van der Waals surface area contributed by atoms with Crippen LogP contribution in [0.4, 0.5) is 0 Å². The second kappa shape index (κ2) is 6.68. The number of rotatable bonds is 4. The van der Waals surface area contributed by atoms with Crippen LogP contribution in [0.15, 0.2) is 33.2 Å². The van der Waals surface area contributed by atoms with Gasteiger partial charge < -0.3 is 9.94 Å². The molecule has 2 aromatic rings. The number of carbonyl (C=O) groups excluding carboxylic acids is 1. The first-order valence-electron chi connectivity index (χ1n) is 7.78. The second-order valence-corrected chi connectivity index (χ2v) is 6.63. The molecule has 24 heavy (non-hydrogen) atoms. The van der Waals surface area contributed by atoms with Crippen molar-refractivity contribution in [2.75, 3.05) is 12.9 Å². The highest BCUT2D eigenvalue weighted by Crippen LogP contribution is 2.34. The minimum atomic E-state index is -0.292. The molecule has 1 aliphatic heterocycles. The lowest BCUT2D eigenvalue weighted by atomic mass is 9.93. The second-order valence-electron chi connectivity index (χ2n) is 5.50. The van der Waals surface area contributed by atoms with Gasteiger partial charge in [-0.2, -0.15) is 0 Å². The zero-order valence-corrected chi connectivity index (χ0v) is 14.7. The summed E-state index contributed by atoms with van der Waals surface area (Å²) in [6.07, 6.45) is 2.27. The molecule has 0 atom stereocenters. The molecule has 3 rings (SSSR count). The van der Waals surface area contributed by atoms with E-state index >= 15 is 0 Å². The monoisotopic (exact) mass is 345 g/mol. The van der Waals surface area contributed by atoms with Crippen LogP contribution in [0.1, 0.15) is 40.4 Å². The number of ketones is 1. The van der Waals surface area contributed by atoms with Crippen LogP contribution in [0, 0.1) is 6.92 Å². The van der Waals surface area contributed by atoms with Crippen molar-refractivity contribution >= 4 is 23.3 Å². The van der Waals surface area contributed by atoms with E-state index in [-0.39, 0.29) is 16.9 Å². The fraction of sp³-hybridized carbons (Fsp3) is 0.353. The molecule has 0 spiro atoms. The number of aryl methyl sites for hydroxylation is 1. The molecule has 1 aromatic carbocycles. The Bertz CT molecular complexity index is 880. The normalized spacial score (nSPS) is 15.4. The number of benzene rings is 1. The summed E-state index contributed by atoms with van der Waals surface area (Å²) in [5, 5.41) is 6.93. The number of aromatic nitrogens is 2. The number of aromatic amines is 1. The largest absolute Gasteiger partial charge is 0.399 e. The van der Waals surface area contributed by atoms with Crippen molar-refractivity contribution in [2.24, 2.45) is 5.16 Å². The van der Waals surface area contributed by atoms with Gasteiger partial charge in [0.2, 0.25) is 0 Å². The molecule has 7 heteroatoms. The lowest BCUT2D eigenvalue weighted by Gasteiger charge is -2.20. The van der Waals surface area contributed by atoms with Gasteiger partial charge in [0.25, 0.3) is 5.56 Å². The molecule has 0 bridgehead atoms. The summed E-state index contributed by atoms with van der Waals surface area (Å²) in [5.41, 5.74) is 3.03. The van der Waals surface area contributed by atoms with E-state index in [1.807, 2.05) is 19.9 Å². The van der Waals surface area contributed by atoms with E-state index < -0.39 is 0 Å². The minimum absolute atomic E-state index is 0.161. The van der Waals surface area contributed by atoms with Gasteiger partial charge in [-0.05, 0) is 31.5 Å². The minimum Gasteiger partial charge on any atom is -0.399 e. The summed E-state index contributed by atoms with van der Waals surface area (Å²) >= 11 is 1.74. The molecule has 0 saturated heterocycles. The number of H-pyrrole nitrogens is 1. The Morgan fingerprint density at radius 2 is 2.21 bits per heavy atom. The lowest BCUT2D eigenvalue weighted by Crippen LogP contribution is -2.22. The number of oxime groups is 1. The van der Waals surface area contributed by atoms with Gasteiger partial charge in [0.1, 0.15) is 12.7 Å². The fourth-order valence-corrected chi connectivity index (χ4v) is 4.04. The van der Waals surface area contributed by atoms with Crippen molar-refractivity contribution in [2.45, 2.75) is 31.7 Å². The molecule has 0 radical (unpaired) electrons. The van der Waals surface area contributed by atoms with Crippen molar-refractivity contribution in [3.63, 3.8) is 0 Å². The van der Waals surface area contributed by atoms with Gasteiger partial charge in [0.15, 0.2) is 5.78 Å². The van der Waals surface area contributed by atoms with Crippen LogP contribution in [0.2, 0.25) is 0 Å². The van der Waals surface area contributed by atoms with Crippen LogP contribution >= 0.6 is 11.8 Å². The van der Waals surface area contributed by atoms with E-state index in [0.29, 0.717) is 12.1 Å². The van der Waals surface area contributed by atoms with E-state index in [4.69, 9.17) is 4.84 Å². The van der Waals surface area contributed by atoms with Crippen LogP contribution in [0.5, 0.6) is 0 Å². The molecule has 6 nitrogen and oxygen atoms in total. The first-order valence-corrected chi connectivity index (χ1v) is 8.76. The summed E-state index contributed by atoms with van der Waals surface area (Å²) in [5.74, 6) is 0.664. The summed E-state index contributed by atoms with van der Waals surface area (Å²) in [6, 6.07) is 3.72. The molecular weight excluding hydrogens is 326 g/mol. The smallest absolute Gasteiger partial charge is 0.277 e. The molecule has 2 heterocycles. The number of thioether (sulfide) groups is 1. The molecule has 1 aromatic heterocycles. The number of hydrogen-bond donors (Lipinski definition) is 1. The topological polar surface area (TPSA) is 76.4 Å². The third-order valence-electron chi connectivity index (χ3n) is 4.16. The summed E-state index contributed by atoms with van der Waals surface area (Å²) in [6.45, 7) is 4.24. The van der Waals surface area contributed by atoms with Gasteiger partial charge >= 0.3 is 0 Å². The average molecular weight is 345 g/mol. The predicted molar refractivity (Wildman–Crippen MR) is 94.2 cm³/mol. The summed E-state index contributed by atoms with van der Waals surface area (Å²) in [7, 11) is 1.52. The van der Waals surface area contributed by atoms with Gasteiger partial charge in [-0.3, -0.25) is 14.3 Å². The Balaban J connectivity index is 2.11. The Morgan fingerprint density at radius 3 is 2.88 bits per heavy atom. The Hall–Kier alpha value is -2.28. The zero-order valence-electron chi connectivity index (χ0n) is 13.9. The molecular formula is C17H19N3O3S. The van der Waals surface area contributed by atoms with Crippen molar-refractivity contribution in [1.82, 2.24) is 9.78 Å². The number of nitrogens with one attached hydrogen (secondary N) is 1. The van der Waals surface area contributed by atoms with Crippen molar-refractivity contribution in [3.05, 3.63) is 50.9 Å². The van der Waals surface area contributed by atoms with Gasteiger partial charge in [-0.1, -0.05) is 5.16 Å². The van der Waals surface area contributed by atoms with Crippen LogP contribution in [-0.4, -0.2) is 34.1 Å². The van der Waals surface area contributed by atoms with E-state index in [9.17, 15) is 9.59 Å². The third kappa shape index (κ3) is 2.69. The zero-order chi connectivity index (χ0) is 17.3. The quantitative estimate of drug-likeness (QED) is 0.682. The standard InChI is InChI=1S/C17H19N3O3S/c1-4-20-17(22)12(9-18-20)16(21)11-5-6-14-15(10(11)2)13(19-23-3)7-8-24-14/h5-6,9,18H,4,7-8H2,1-3H3. The Morgan fingerprint density at radius 1 is 1.42 bits per heavy atom. The first-order chi connectivity index (χ1) is 11.6. The van der Waals surface area contributed by atoms with Crippen LogP contribution in [0.25, 0.3) is 0 Å². The van der Waals surface area contributed by atoms with Gasteiger partial charge in [0.05, 0.1) is 5.71 Å². The van der Waals surface area contributed by atoms with Crippen molar-refractivity contribution < 1.29 is 9.63 Å². The van der Waals surface area contributed by atoms with Crippen molar-refractivity contribution in [1.29, 1.82) is 0 Å². The molecule has 126 valence electrons. The first kappa shape index (κ1) is 16.6. The Labute approximate surface area is 143 Å². The van der Waals surface area contributed by atoms with Crippen LogP contribution in [-0.2, 0) is 11.4 Å². The summed E-state index contributed by atoms with van der Waals surface area (Å²) < 4.78 is 1.41. The molecule has 1 aliphatic rings. The lowest BCUT2D eigenvalue weighted by molar-refractivity contribution is 0.103. The highest BCUT2D eigenvalue weighted by molar-refractivity contribution is 7.99. The SMILES string of the molecule is CCn1[nH]cc(C(=O)c2ccc3c(c2C)C(=NOC)CCS3)c1=O. The van der Waals surface area contributed by atoms with E-state index in [2.05, 4.69) is 10.3 Å². The number of hydrogen-bond acceptors (Lipinski definition) is 5. The molecule has 0 fully saturated rings.